The van der Waals surface area contributed by atoms with E-state index in [4.69, 9.17) is 6.42 Å². The average molecular weight is 228 g/mol. The highest BCUT2D eigenvalue weighted by molar-refractivity contribution is 5.96. The molecule has 17 heavy (non-hydrogen) atoms. The summed E-state index contributed by atoms with van der Waals surface area (Å²) in [6.07, 6.45) is 5.47. The van der Waals surface area contributed by atoms with E-state index in [1.54, 1.807) is 0 Å². The molecule has 0 radical (unpaired) electrons. The van der Waals surface area contributed by atoms with Gasteiger partial charge in [0.2, 0.25) is 5.78 Å². The van der Waals surface area contributed by atoms with Crippen LogP contribution in [0, 0.1) is 26.2 Å². The van der Waals surface area contributed by atoms with Crippen molar-refractivity contribution in [3.05, 3.63) is 34.4 Å². The molecule has 0 fully saturated rings. The quantitative estimate of drug-likeness (QED) is 0.560. The smallest absolute Gasteiger partial charge is 0.209 e. The molecule has 1 aromatic rings. The lowest BCUT2D eigenvalue weighted by Crippen LogP contribution is -2.13. The maximum Gasteiger partial charge on any atom is 0.209 e. The number of carbonyl (C=O) groups excluding carboxylic acids is 1. The summed E-state index contributed by atoms with van der Waals surface area (Å²) in [4.78, 5) is 11.3. The molecule has 0 amide bonds. The third-order valence-corrected chi connectivity index (χ3v) is 3.06. The molecule has 1 aromatic carbocycles. The second kappa shape index (κ2) is 4.75. The Morgan fingerprint density at radius 1 is 1.24 bits per heavy atom. The molecule has 0 saturated carbocycles. The molecule has 1 heteroatoms. The van der Waals surface area contributed by atoms with Crippen molar-refractivity contribution in [3.8, 4) is 12.3 Å². The SMILES string of the molecule is C#CC(=O)Cc1c(C)cc(C(C)(C)C)cc1C. The van der Waals surface area contributed by atoms with Crippen molar-refractivity contribution >= 4 is 5.78 Å². The van der Waals surface area contributed by atoms with E-state index < -0.39 is 0 Å². The Hall–Kier alpha value is -1.55. The Balaban J connectivity index is 3.21. The molecule has 90 valence electrons. The van der Waals surface area contributed by atoms with Gasteiger partial charge in [0.15, 0.2) is 0 Å². The van der Waals surface area contributed by atoms with E-state index in [2.05, 4.69) is 38.8 Å². The number of terminal acetylenes is 1. The van der Waals surface area contributed by atoms with Crippen LogP contribution in [0.15, 0.2) is 12.1 Å². The van der Waals surface area contributed by atoms with Gasteiger partial charge in [0.05, 0.1) is 0 Å². The predicted molar refractivity (Wildman–Crippen MR) is 72.2 cm³/mol. The molecular weight excluding hydrogens is 208 g/mol. The fourth-order valence-corrected chi connectivity index (χ4v) is 1.92. The number of hydrogen-bond donors (Lipinski definition) is 0. The van der Waals surface area contributed by atoms with Gasteiger partial charge in [-0.1, -0.05) is 32.9 Å². The van der Waals surface area contributed by atoms with Crippen molar-refractivity contribution < 1.29 is 4.79 Å². The molecule has 0 N–H and O–H groups in total. The third kappa shape index (κ3) is 3.20. The first kappa shape index (κ1) is 13.5. The van der Waals surface area contributed by atoms with Gasteiger partial charge in [-0.15, -0.1) is 6.42 Å². The molecule has 0 bridgehead atoms. The zero-order chi connectivity index (χ0) is 13.2. The van der Waals surface area contributed by atoms with E-state index in [-0.39, 0.29) is 11.2 Å². The summed E-state index contributed by atoms with van der Waals surface area (Å²) in [6.45, 7) is 10.6. The second-order valence-corrected chi connectivity index (χ2v) is 5.58. The minimum Gasteiger partial charge on any atom is -0.285 e. The molecule has 0 heterocycles. The molecular formula is C16H20O. The number of rotatable bonds is 2. The molecule has 1 rings (SSSR count). The van der Waals surface area contributed by atoms with Crippen LogP contribution in [0.3, 0.4) is 0 Å². The van der Waals surface area contributed by atoms with E-state index in [1.807, 2.05) is 13.8 Å². The first-order chi connectivity index (χ1) is 7.75. The van der Waals surface area contributed by atoms with Gasteiger partial charge in [-0.25, -0.2) is 0 Å². The first-order valence-corrected chi connectivity index (χ1v) is 5.85. The van der Waals surface area contributed by atoms with Crippen LogP contribution in [-0.4, -0.2) is 5.78 Å². The molecule has 0 aliphatic carbocycles. The highest BCUT2D eigenvalue weighted by atomic mass is 16.1. The maximum atomic E-state index is 11.3. The Kier molecular flexibility index (Phi) is 3.78. The molecule has 1 nitrogen and oxygen atoms in total. The van der Waals surface area contributed by atoms with Gasteiger partial charge in [-0.2, -0.15) is 0 Å². The number of hydrogen-bond acceptors (Lipinski definition) is 1. The summed E-state index contributed by atoms with van der Waals surface area (Å²) in [6, 6.07) is 4.32. The average Bonchev–Trinajstić information content (AvgIpc) is 2.21. The fourth-order valence-electron chi connectivity index (χ4n) is 1.92. The zero-order valence-electron chi connectivity index (χ0n) is 11.3. The van der Waals surface area contributed by atoms with Crippen LogP contribution < -0.4 is 0 Å². The largest absolute Gasteiger partial charge is 0.285 e. The fraction of sp³-hybridized carbons (Fsp3) is 0.438. The van der Waals surface area contributed by atoms with Crippen molar-refractivity contribution in [1.82, 2.24) is 0 Å². The lowest BCUT2D eigenvalue weighted by atomic mass is 9.83. The Morgan fingerprint density at radius 3 is 2.06 bits per heavy atom. The van der Waals surface area contributed by atoms with Crippen molar-refractivity contribution in [2.45, 2.75) is 46.5 Å². The molecule has 0 atom stereocenters. The second-order valence-electron chi connectivity index (χ2n) is 5.58. The topological polar surface area (TPSA) is 17.1 Å². The monoisotopic (exact) mass is 228 g/mol. The van der Waals surface area contributed by atoms with Crippen LogP contribution in [0.5, 0.6) is 0 Å². The van der Waals surface area contributed by atoms with E-state index in [9.17, 15) is 4.79 Å². The van der Waals surface area contributed by atoms with Crippen molar-refractivity contribution in [3.63, 3.8) is 0 Å². The van der Waals surface area contributed by atoms with Crippen LogP contribution in [0.4, 0.5) is 0 Å². The Labute approximate surface area is 104 Å². The van der Waals surface area contributed by atoms with Gasteiger partial charge in [-0.05, 0) is 47.4 Å². The van der Waals surface area contributed by atoms with E-state index >= 15 is 0 Å². The molecule has 0 saturated heterocycles. The molecule has 0 aromatic heterocycles. The van der Waals surface area contributed by atoms with Gasteiger partial charge < -0.3 is 0 Å². The van der Waals surface area contributed by atoms with Crippen LogP contribution in [0.25, 0.3) is 0 Å². The van der Waals surface area contributed by atoms with Gasteiger partial charge in [0.1, 0.15) is 0 Å². The number of Topliss-reactive ketones (excluding diaryl/α,β-unsaturated/α-hetero) is 1. The Bertz CT molecular complexity index is 458. The van der Waals surface area contributed by atoms with Crippen LogP contribution in [-0.2, 0) is 16.6 Å². The third-order valence-electron chi connectivity index (χ3n) is 3.06. The summed E-state index contributed by atoms with van der Waals surface area (Å²) >= 11 is 0. The minimum atomic E-state index is -0.153. The van der Waals surface area contributed by atoms with Gasteiger partial charge in [0, 0.05) is 6.42 Å². The summed E-state index contributed by atoms with van der Waals surface area (Å²) in [7, 11) is 0. The molecule has 0 aliphatic rings. The highest BCUT2D eigenvalue weighted by Gasteiger charge is 2.16. The Morgan fingerprint density at radius 2 is 1.71 bits per heavy atom. The molecule has 0 spiro atoms. The first-order valence-electron chi connectivity index (χ1n) is 5.85. The standard InChI is InChI=1S/C16H20O/c1-7-14(17)10-15-11(2)8-13(9-12(15)3)16(4,5)6/h1,8-9H,10H2,2-6H3. The van der Waals surface area contributed by atoms with E-state index in [0.29, 0.717) is 6.42 Å². The summed E-state index contributed by atoms with van der Waals surface area (Å²) in [5.74, 6) is 2.02. The van der Waals surface area contributed by atoms with Gasteiger partial charge in [-0.3, -0.25) is 4.79 Å². The molecule has 0 aliphatic heterocycles. The predicted octanol–water partition coefficient (Wildman–Crippen LogP) is 3.35. The summed E-state index contributed by atoms with van der Waals surface area (Å²) in [5.41, 5.74) is 4.80. The summed E-state index contributed by atoms with van der Waals surface area (Å²) < 4.78 is 0. The maximum absolute atomic E-state index is 11.3. The van der Waals surface area contributed by atoms with Crippen LogP contribution >= 0.6 is 0 Å². The lowest BCUT2D eigenvalue weighted by molar-refractivity contribution is -0.113. The van der Waals surface area contributed by atoms with Crippen molar-refractivity contribution in [1.29, 1.82) is 0 Å². The van der Waals surface area contributed by atoms with Gasteiger partial charge in [0.25, 0.3) is 0 Å². The van der Waals surface area contributed by atoms with E-state index in [0.717, 1.165) is 16.7 Å². The summed E-state index contributed by atoms with van der Waals surface area (Å²) in [5, 5.41) is 0. The van der Waals surface area contributed by atoms with Crippen LogP contribution in [0.2, 0.25) is 0 Å². The minimum absolute atomic E-state index is 0.129. The normalized spacial score (nSPS) is 11.1. The highest BCUT2D eigenvalue weighted by Crippen LogP contribution is 2.27. The number of carbonyl (C=O) groups is 1. The zero-order valence-corrected chi connectivity index (χ0v) is 11.3. The number of benzene rings is 1. The number of ketones is 1. The molecule has 0 unspecified atom stereocenters. The van der Waals surface area contributed by atoms with Crippen molar-refractivity contribution in [2.24, 2.45) is 0 Å². The lowest BCUT2D eigenvalue weighted by Gasteiger charge is -2.22. The van der Waals surface area contributed by atoms with Gasteiger partial charge >= 0.3 is 0 Å². The van der Waals surface area contributed by atoms with Crippen LogP contribution in [0.1, 0.15) is 43.0 Å². The van der Waals surface area contributed by atoms with E-state index in [1.165, 1.54) is 5.56 Å². The van der Waals surface area contributed by atoms with Crippen molar-refractivity contribution in [2.75, 3.05) is 0 Å². The number of aryl methyl sites for hydroxylation is 2.